The van der Waals surface area contributed by atoms with Crippen molar-refractivity contribution in [2.45, 2.75) is 13.0 Å². The summed E-state index contributed by atoms with van der Waals surface area (Å²) in [5, 5.41) is 7.00. The molecular formula is C13H13ClN4O2. The second kappa shape index (κ2) is 6.21. The Kier molecular flexibility index (Phi) is 4.37. The van der Waals surface area contributed by atoms with Gasteiger partial charge in [0.2, 0.25) is 5.91 Å². The molecule has 0 unspecified atom stereocenters. The highest BCUT2D eigenvalue weighted by atomic mass is 35.5. The summed E-state index contributed by atoms with van der Waals surface area (Å²) >= 11 is 5.83. The predicted molar refractivity (Wildman–Crippen MR) is 77.6 cm³/mol. The van der Waals surface area contributed by atoms with E-state index in [1.54, 1.807) is 24.3 Å². The van der Waals surface area contributed by atoms with E-state index in [1.165, 1.54) is 16.9 Å². The van der Waals surface area contributed by atoms with Gasteiger partial charge in [0.25, 0.3) is 5.56 Å². The Hall–Kier alpha value is -2.34. The zero-order chi connectivity index (χ0) is 14.5. The van der Waals surface area contributed by atoms with Crippen molar-refractivity contribution in [3.63, 3.8) is 0 Å². The Labute approximate surface area is 120 Å². The lowest BCUT2D eigenvalue weighted by molar-refractivity contribution is -0.116. The summed E-state index contributed by atoms with van der Waals surface area (Å²) < 4.78 is 1.22. The number of amides is 1. The van der Waals surface area contributed by atoms with Crippen molar-refractivity contribution in [2.24, 2.45) is 0 Å². The monoisotopic (exact) mass is 292 g/mol. The van der Waals surface area contributed by atoms with Crippen LogP contribution in [-0.4, -0.2) is 15.7 Å². The van der Waals surface area contributed by atoms with Gasteiger partial charge in [0.15, 0.2) is 0 Å². The van der Waals surface area contributed by atoms with Crippen molar-refractivity contribution in [3.8, 4) is 0 Å². The van der Waals surface area contributed by atoms with Crippen LogP contribution in [0.4, 0.5) is 11.4 Å². The molecule has 7 heteroatoms. The SMILES string of the molecule is Nc1ccc(Cl)cc1NC(=O)CCn1ncccc1=O. The van der Waals surface area contributed by atoms with Crippen LogP contribution >= 0.6 is 11.6 Å². The molecule has 2 aromatic rings. The summed E-state index contributed by atoms with van der Waals surface area (Å²) in [7, 11) is 0. The molecular weight excluding hydrogens is 280 g/mol. The number of hydrogen-bond acceptors (Lipinski definition) is 4. The van der Waals surface area contributed by atoms with Crippen LogP contribution in [0.2, 0.25) is 5.02 Å². The average molecular weight is 293 g/mol. The lowest BCUT2D eigenvalue weighted by Gasteiger charge is -2.09. The van der Waals surface area contributed by atoms with Gasteiger partial charge in [-0.2, -0.15) is 5.10 Å². The molecule has 0 aliphatic rings. The van der Waals surface area contributed by atoms with Crippen LogP contribution in [-0.2, 0) is 11.3 Å². The normalized spacial score (nSPS) is 10.2. The molecule has 0 bridgehead atoms. The number of nitrogens with one attached hydrogen (secondary N) is 1. The molecule has 1 aromatic carbocycles. The molecule has 0 atom stereocenters. The zero-order valence-corrected chi connectivity index (χ0v) is 11.3. The minimum absolute atomic E-state index is 0.114. The summed E-state index contributed by atoms with van der Waals surface area (Å²) in [6, 6.07) is 7.76. The maximum absolute atomic E-state index is 11.8. The van der Waals surface area contributed by atoms with Gasteiger partial charge in [-0.1, -0.05) is 11.6 Å². The van der Waals surface area contributed by atoms with Gasteiger partial charge >= 0.3 is 0 Å². The zero-order valence-electron chi connectivity index (χ0n) is 10.5. The largest absolute Gasteiger partial charge is 0.397 e. The van der Waals surface area contributed by atoms with Gasteiger partial charge in [-0.25, -0.2) is 4.68 Å². The molecule has 1 amide bonds. The number of aryl methyl sites for hydroxylation is 1. The van der Waals surface area contributed by atoms with Crippen LogP contribution in [0.25, 0.3) is 0 Å². The van der Waals surface area contributed by atoms with Crippen molar-refractivity contribution in [1.82, 2.24) is 9.78 Å². The smallest absolute Gasteiger partial charge is 0.266 e. The second-order valence-corrected chi connectivity index (χ2v) is 4.55. The van der Waals surface area contributed by atoms with Crippen LogP contribution in [0.3, 0.4) is 0 Å². The lowest BCUT2D eigenvalue weighted by Crippen LogP contribution is -2.24. The number of carbonyl (C=O) groups is 1. The fourth-order valence-electron chi connectivity index (χ4n) is 1.61. The lowest BCUT2D eigenvalue weighted by atomic mass is 10.2. The maximum atomic E-state index is 11.8. The standard InChI is InChI=1S/C13H13ClN4O2/c14-9-3-4-10(15)11(8-9)17-12(19)5-7-18-13(20)2-1-6-16-18/h1-4,6,8H,5,7,15H2,(H,17,19). The van der Waals surface area contributed by atoms with Crippen molar-refractivity contribution in [1.29, 1.82) is 0 Å². The van der Waals surface area contributed by atoms with Gasteiger partial charge in [-0.15, -0.1) is 0 Å². The maximum Gasteiger partial charge on any atom is 0.266 e. The van der Waals surface area contributed by atoms with Crippen LogP contribution in [0.1, 0.15) is 6.42 Å². The van der Waals surface area contributed by atoms with Crippen molar-refractivity contribution >= 4 is 28.9 Å². The van der Waals surface area contributed by atoms with Crippen molar-refractivity contribution in [2.75, 3.05) is 11.1 Å². The molecule has 1 aromatic heterocycles. The Morgan fingerprint density at radius 3 is 2.95 bits per heavy atom. The molecule has 3 N–H and O–H groups in total. The van der Waals surface area contributed by atoms with E-state index in [0.29, 0.717) is 16.4 Å². The number of benzene rings is 1. The minimum Gasteiger partial charge on any atom is -0.397 e. The Morgan fingerprint density at radius 1 is 1.40 bits per heavy atom. The van der Waals surface area contributed by atoms with Crippen LogP contribution < -0.4 is 16.6 Å². The van der Waals surface area contributed by atoms with Crippen LogP contribution in [0.15, 0.2) is 41.3 Å². The highest BCUT2D eigenvalue weighted by molar-refractivity contribution is 6.31. The summed E-state index contributed by atoms with van der Waals surface area (Å²) in [6.45, 7) is 0.200. The highest BCUT2D eigenvalue weighted by Gasteiger charge is 2.07. The highest BCUT2D eigenvalue weighted by Crippen LogP contribution is 2.22. The van der Waals surface area contributed by atoms with Gasteiger partial charge in [0.05, 0.1) is 17.9 Å². The van der Waals surface area contributed by atoms with E-state index in [4.69, 9.17) is 17.3 Å². The fourth-order valence-corrected chi connectivity index (χ4v) is 1.78. The van der Waals surface area contributed by atoms with Crippen molar-refractivity contribution < 1.29 is 4.79 Å². The Bertz CT molecular complexity index is 684. The fraction of sp³-hybridized carbons (Fsp3) is 0.154. The Balaban J connectivity index is 1.98. The molecule has 0 radical (unpaired) electrons. The average Bonchev–Trinajstić information content (AvgIpc) is 2.42. The van der Waals surface area contributed by atoms with Crippen LogP contribution in [0.5, 0.6) is 0 Å². The van der Waals surface area contributed by atoms with E-state index in [1.807, 2.05) is 0 Å². The minimum atomic E-state index is -0.267. The third-order valence-electron chi connectivity index (χ3n) is 2.63. The first-order chi connectivity index (χ1) is 9.56. The Morgan fingerprint density at radius 2 is 2.20 bits per heavy atom. The summed E-state index contributed by atoms with van der Waals surface area (Å²) in [6.07, 6.45) is 1.61. The third-order valence-corrected chi connectivity index (χ3v) is 2.86. The molecule has 20 heavy (non-hydrogen) atoms. The first-order valence-electron chi connectivity index (χ1n) is 5.93. The van der Waals surface area contributed by atoms with Gasteiger partial charge in [0.1, 0.15) is 0 Å². The second-order valence-electron chi connectivity index (χ2n) is 4.11. The van der Waals surface area contributed by atoms with E-state index in [9.17, 15) is 9.59 Å². The number of nitrogen functional groups attached to an aromatic ring is 1. The summed E-state index contributed by atoms with van der Waals surface area (Å²) in [5.41, 5.74) is 6.36. The van der Waals surface area contributed by atoms with E-state index < -0.39 is 0 Å². The van der Waals surface area contributed by atoms with E-state index in [-0.39, 0.29) is 24.4 Å². The van der Waals surface area contributed by atoms with Gasteiger partial charge in [0, 0.05) is 23.7 Å². The predicted octanol–water partition coefficient (Wildman–Crippen LogP) is 1.51. The number of rotatable bonds is 4. The number of aromatic nitrogens is 2. The molecule has 0 spiro atoms. The topological polar surface area (TPSA) is 90.0 Å². The first kappa shape index (κ1) is 14.1. The summed E-state index contributed by atoms with van der Waals surface area (Å²) in [5.74, 6) is -0.267. The summed E-state index contributed by atoms with van der Waals surface area (Å²) in [4.78, 5) is 23.2. The first-order valence-corrected chi connectivity index (χ1v) is 6.31. The number of nitrogens with two attached hydrogens (primary N) is 1. The number of anilines is 2. The van der Waals surface area contributed by atoms with E-state index in [2.05, 4.69) is 10.4 Å². The van der Waals surface area contributed by atoms with Gasteiger partial charge < -0.3 is 11.1 Å². The molecule has 0 aliphatic carbocycles. The number of halogens is 1. The van der Waals surface area contributed by atoms with Crippen LogP contribution in [0, 0.1) is 0 Å². The molecule has 6 nitrogen and oxygen atoms in total. The number of hydrogen-bond donors (Lipinski definition) is 2. The molecule has 0 saturated carbocycles. The number of carbonyl (C=O) groups excluding carboxylic acids is 1. The molecule has 0 fully saturated rings. The molecule has 0 saturated heterocycles. The molecule has 104 valence electrons. The van der Waals surface area contributed by atoms with Gasteiger partial charge in [-0.05, 0) is 24.3 Å². The number of nitrogens with zero attached hydrogens (tertiary/aromatic N) is 2. The molecule has 2 rings (SSSR count). The quantitative estimate of drug-likeness (QED) is 0.836. The molecule has 1 heterocycles. The van der Waals surface area contributed by atoms with Gasteiger partial charge in [-0.3, -0.25) is 9.59 Å². The van der Waals surface area contributed by atoms with Crippen molar-refractivity contribution in [3.05, 3.63) is 51.9 Å². The third kappa shape index (κ3) is 3.58. The van der Waals surface area contributed by atoms with E-state index in [0.717, 1.165) is 0 Å². The van der Waals surface area contributed by atoms with E-state index >= 15 is 0 Å². The molecule has 0 aliphatic heterocycles.